The Bertz CT molecular complexity index is 450. The third kappa shape index (κ3) is 4.96. The maximum Gasteiger partial charge on any atom is 0.119 e. The van der Waals surface area contributed by atoms with Gasteiger partial charge in [-0.25, -0.2) is 0 Å². The van der Waals surface area contributed by atoms with Crippen LogP contribution < -0.4 is 9.47 Å². The van der Waals surface area contributed by atoms with Crippen molar-refractivity contribution in [3.8, 4) is 11.5 Å². The van der Waals surface area contributed by atoms with Gasteiger partial charge in [-0.3, -0.25) is 0 Å². The van der Waals surface area contributed by atoms with Crippen molar-refractivity contribution in [2.24, 2.45) is 0 Å². The summed E-state index contributed by atoms with van der Waals surface area (Å²) in [6, 6.07) is 16.3. The molecule has 0 aliphatic rings. The van der Waals surface area contributed by atoms with Gasteiger partial charge in [-0.1, -0.05) is 35.4 Å². The molecule has 0 spiro atoms. The average molecular weight is 270 g/mol. The lowest BCUT2D eigenvalue weighted by molar-refractivity contribution is 0.266. The van der Waals surface area contributed by atoms with Gasteiger partial charge in [-0.15, -0.1) is 0 Å². The summed E-state index contributed by atoms with van der Waals surface area (Å²) < 4.78 is 11.3. The van der Waals surface area contributed by atoms with Gasteiger partial charge in [0.2, 0.25) is 0 Å². The molecule has 0 atom stereocenters. The largest absolute Gasteiger partial charge is 0.494 e. The van der Waals surface area contributed by atoms with E-state index >= 15 is 0 Å². The first-order chi connectivity index (χ1) is 9.74. The van der Waals surface area contributed by atoms with E-state index < -0.39 is 0 Å². The maximum atomic E-state index is 5.67. The summed E-state index contributed by atoms with van der Waals surface area (Å²) in [7, 11) is 0. The lowest BCUT2D eigenvalue weighted by Gasteiger charge is -2.08. The molecule has 0 saturated heterocycles. The fraction of sp³-hybridized carbons (Fsp3) is 0.333. The van der Waals surface area contributed by atoms with E-state index in [2.05, 4.69) is 38.1 Å². The zero-order valence-electron chi connectivity index (χ0n) is 12.3. The lowest BCUT2D eigenvalue weighted by Crippen LogP contribution is -2.02. The summed E-state index contributed by atoms with van der Waals surface area (Å²) in [5, 5.41) is 0. The van der Waals surface area contributed by atoms with Gasteiger partial charge in [0.15, 0.2) is 0 Å². The standard InChI is InChI=1S/C18H22O2/c1-15-5-9-17(10-6-15)19-13-3-4-14-20-18-11-7-16(2)8-12-18/h5-12H,3-4,13-14H2,1-2H3. The van der Waals surface area contributed by atoms with Crippen LogP contribution in [0.15, 0.2) is 48.5 Å². The van der Waals surface area contributed by atoms with Crippen LogP contribution in [0.2, 0.25) is 0 Å². The molecule has 20 heavy (non-hydrogen) atoms. The Balaban J connectivity index is 1.57. The normalized spacial score (nSPS) is 10.3. The first-order valence-corrected chi connectivity index (χ1v) is 7.13. The van der Waals surface area contributed by atoms with Gasteiger partial charge in [0.05, 0.1) is 13.2 Å². The smallest absolute Gasteiger partial charge is 0.119 e. The number of aryl methyl sites for hydroxylation is 2. The highest BCUT2D eigenvalue weighted by atomic mass is 16.5. The number of hydrogen-bond acceptors (Lipinski definition) is 2. The van der Waals surface area contributed by atoms with Gasteiger partial charge < -0.3 is 9.47 Å². The topological polar surface area (TPSA) is 18.5 Å². The van der Waals surface area contributed by atoms with Gasteiger partial charge in [0.25, 0.3) is 0 Å². The van der Waals surface area contributed by atoms with Crippen LogP contribution in [0.1, 0.15) is 24.0 Å². The quantitative estimate of drug-likeness (QED) is 0.688. The summed E-state index contributed by atoms with van der Waals surface area (Å²) >= 11 is 0. The molecule has 0 unspecified atom stereocenters. The SMILES string of the molecule is Cc1ccc(OCCCCOc2ccc(C)cc2)cc1. The van der Waals surface area contributed by atoms with Gasteiger partial charge in [0, 0.05) is 0 Å². The van der Waals surface area contributed by atoms with Crippen molar-refractivity contribution >= 4 is 0 Å². The van der Waals surface area contributed by atoms with E-state index in [4.69, 9.17) is 9.47 Å². The molecule has 2 nitrogen and oxygen atoms in total. The maximum absolute atomic E-state index is 5.67. The fourth-order valence-electron chi connectivity index (χ4n) is 1.85. The lowest BCUT2D eigenvalue weighted by atomic mass is 10.2. The molecule has 0 amide bonds. The average Bonchev–Trinajstić information content (AvgIpc) is 2.46. The molecule has 0 aromatic heterocycles. The van der Waals surface area contributed by atoms with E-state index in [1.54, 1.807) is 0 Å². The molecule has 2 aromatic rings. The summed E-state index contributed by atoms with van der Waals surface area (Å²) in [4.78, 5) is 0. The van der Waals surface area contributed by atoms with E-state index in [9.17, 15) is 0 Å². The van der Waals surface area contributed by atoms with E-state index in [0.717, 1.165) is 37.6 Å². The zero-order valence-corrected chi connectivity index (χ0v) is 12.3. The van der Waals surface area contributed by atoms with Crippen molar-refractivity contribution in [2.75, 3.05) is 13.2 Å². The van der Waals surface area contributed by atoms with E-state index in [1.807, 2.05) is 24.3 Å². The predicted molar refractivity (Wildman–Crippen MR) is 82.6 cm³/mol. The van der Waals surface area contributed by atoms with Crippen LogP contribution in [0.5, 0.6) is 11.5 Å². The minimum absolute atomic E-state index is 0.736. The molecule has 0 saturated carbocycles. The second-order valence-electron chi connectivity index (χ2n) is 5.03. The van der Waals surface area contributed by atoms with Crippen LogP contribution in [0.25, 0.3) is 0 Å². The van der Waals surface area contributed by atoms with Crippen LogP contribution in [-0.2, 0) is 0 Å². The zero-order chi connectivity index (χ0) is 14.2. The highest BCUT2D eigenvalue weighted by molar-refractivity contribution is 5.26. The highest BCUT2D eigenvalue weighted by Gasteiger charge is 1.95. The van der Waals surface area contributed by atoms with E-state index in [0.29, 0.717) is 0 Å². The van der Waals surface area contributed by atoms with Crippen molar-refractivity contribution < 1.29 is 9.47 Å². The van der Waals surface area contributed by atoms with Crippen LogP contribution in [0, 0.1) is 13.8 Å². The van der Waals surface area contributed by atoms with Gasteiger partial charge in [-0.05, 0) is 51.0 Å². The van der Waals surface area contributed by atoms with Gasteiger partial charge in [-0.2, -0.15) is 0 Å². The molecule has 2 heteroatoms. The third-order valence-electron chi connectivity index (χ3n) is 3.12. The Hall–Kier alpha value is -1.96. The van der Waals surface area contributed by atoms with E-state index in [-0.39, 0.29) is 0 Å². The Morgan fingerprint density at radius 3 is 1.30 bits per heavy atom. The Labute approximate surface area is 121 Å². The first-order valence-electron chi connectivity index (χ1n) is 7.13. The second kappa shape index (κ2) is 7.59. The second-order valence-corrected chi connectivity index (χ2v) is 5.03. The highest BCUT2D eigenvalue weighted by Crippen LogP contribution is 2.13. The monoisotopic (exact) mass is 270 g/mol. The fourth-order valence-corrected chi connectivity index (χ4v) is 1.85. The van der Waals surface area contributed by atoms with Crippen LogP contribution in [-0.4, -0.2) is 13.2 Å². The molecule has 0 fully saturated rings. The molecule has 0 aliphatic heterocycles. The predicted octanol–water partition coefficient (Wildman–Crippen LogP) is 4.54. The molecule has 0 aliphatic carbocycles. The van der Waals surface area contributed by atoms with Crippen LogP contribution in [0.3, 0.4) is 0 Å². The molecule has 106 valence electrons. The van der Waals surface area contributed by atoms with Gasteiger partial charge >= 0.3 is 0 Å². The molecule has 2 rings (SSSR count). The minimum Gasteiger partial charge on any atom is -0.494 e. The molecule has 2 aromatic carbocycles. The summed E-state index contributed by atoms with van der Waals surface area (Å²) in [5.41, 5.74) is 2.51. The first kappa shape index (κ1) is 14.4. The summed E-state index contributed by atoms with van der Waals surface area (Å²) in [6.45, 7) is 5.62. The molecule has 0 radical (unpaired) electrons. The number of hydrogen-bond donors (Lipinski definition) is 0. The Morgan fingerprint density at radius 1 is 0.600 bits per heavy atom. The Kier molecular flexibility index (Phi) is 5.48. The molecule has 0 heterocycles. The van der Waals surface area contributed by atoms with Crippen molar-refractivity contribution in [3.05, 3.63) is 59.7 Å². The third-order valence-corrected chi connectivity index (χ3v) is 3.12. The molecule has 0 bridgehead atoms. The number of rotatable bonds is 7. The number of benzene rings is 2. The molecular formula is C18H22O2. The van der Waals surface area contributed by atoms with Crippen LogP contribution >= 0.6 is 0 Å². The van der Waals surface area contributed by atoms with Crippen molar-refractivity contribution in [1.29, 1.82) is 0 Å². The van der Waals surface area contributed by atoms with Crippen molar-refractivity contribution in [1.82, 2.24) is 0 Å². The summed E-state index contributed by atoms with van der Waals surface area (Å²) in [5.74, 6) is 1.88. The minimum atomic E-state index is 0.736. The van der Waals surface area contributed by atoms with Crippen molar-refractivity contribution in [2.45, 2.75) is 26.7 Å². The molecular weight excluding hydrogens is 248 g/mol. The number of ether oxygens (including phenoxy) is 2. The van der Waals surface area contributed by atoms with Crippen molar-refractivity contribution in [3.63, 3.8) is 0 Å². The van der Waals surface area contributed by atoms with Gasteiger partial charge in [0.1, 0.15) is 11.5 Å². The summed E-state index contributed by atoms with van der Waals surface area (Å²) in [6.07, 6.45) is 2.00. The van der Waals surface area contributed by atoms with E-state index in [1.165, 1.54) is 11.1 Å². The number of unbranched alkanes of at least 4 members (excludes halogenated alkanes) is 1. The van der Waals surface area contributed by atoms with Crippen LogP contribution in [0.4, 0.5) is 0 Å². The Morgan fingerprint density at radius 2 is 0.950 bits per heavy atom. The molecule has 0 N–H and O–H groups in total.